The maximum Gasteiger partial charge on any atom is 0.415 e. The van der Waals surface area contributed by atoms with Gasteiger partial charge in [0.15, 0.2) is 0 Å². The lowest BCUT2D eigenvalue weighted by molar-refractivity contribution is 0.181. The van der Waals surface area contributed by atoms with Gasteiger partial charge in [-0.3, -0.25) is 9.69 Å². The summed E-state index contributed by atoms with van der Waals surface area (Å²) in [6.07, 6.45) is 1.10. The molecule has 9 nitrogen and oxygen atoms in total. The predicted octanol–water partition coefficient (Wildman–Crippen LogP) is 3.11. The first-order valence-corrected chi connectivity index (χ1v) is 9.29. The number of aromatic amines is 1. The summed E-state index contributed by atoms with van der Waals surface area (Å²) in [6.45, 7) is 2.57. The number of anilines is 2. The van der Waals surface area contributed by atoms with Gasteiger partial charge in [-0.25, -0.2) is 9.78 Å². The summed E-state index contributed by atoms with van der Waals surface area (Å²) in [5.41, 5.74) is 0.720. The second kappa shape index (κ2) is 7.59. The van der Waals surface area contributed by atoms with Crippen molar-refractivity contribution in [3.05, 3.63) is 51.4 Å². The molecular weight excluding hydrogens is 398 g/mol. The number of carbonyl (C=O) groups is 1. The van der Waals surface area contributed by atoms with Crippen LogP contribution >= 0.6 is 11.6 Å². The first-order valence-electron chi connectivity index (χ1n) is 8.91. The predicted molar refractivity (Wildman–Crippen MR) is 109 cm³/mol. The van der Waals surface area contributed by atoms with Crippen LogP contribution in [-0.4, -0.2) is 41.3 Å². The van der Waals surface area contributed by atoms with E-state index in [1.54, 1.807) is 24.4 Å². The summed E-state index contributed by atoms with van der Waals surface area (Å²) in [5, 5.41) is 4.22. The van der Waals surface area contributed by atoms with E-state index in [-0.39, 0.29) is 5.56 Å². The third kappa shape index (κ3) is 3.56. The summed E-state index contributed by atoms with van der Waals surface area (Å²) < 4.78 is 10.1. The van der Waals surface area contributed by atoms with E-state index >= 15 is 0 Å². The minimum absolute atomic E-state index is 0.285. The summed E-state index contributed by atoms with van der Waals surface area (Å²) in [7, 11) is 1.52. The monoisotopic (exact) mass is 415 g/mol. The number of nitrogens with one attached hydrogen (secondary N) is 2. The van der Waals surface area contributed by atoms with Crippen molar-refractivity contribution in [1.82, 2.24) is 15.0 Å². The minimum atomic E-state index is -0.444. The van der Waals surface area contributed by atoms with E-state index < -0.39 is 12.1 Å². The van der Waals surface area contributed by atoms with Crippen LogP contribution in [0.4, 0.5) is 16.6 Å². The van der Waals surface area contributed by atoms with Crippen LogP contribution in [0, 0.1) is 0 Å². The normalized spacial score (nSPS) is 14.7. The van der Waals surface area contributed by atoms with Crippen LogP contribution in [0.5, 0.6) is 5.75 Å². The van der Waals surface area contributed by atoms with Crippen molar-refractivity contribution < 1.29 is 14.3 Å². The number of H-pyrrole nitrogens is 1. The van der Waals surface area contributed by atoms with Gasteiger partial charge in [-0.2, -0.15) is 4.98 Å². The highest BCUT2D eigenvalue weighted by Gasteiger charge is 2.25. The molecule has 1 saturated heterocycles. The van der Waals surface area contributed by atoms with Gasteiger partial charge in [-0.15, -0.1) is 0 Å². The van der Waals surface area contributed by atoms with Crippen molar-refractivity contribution >= 4 is 40.4 Å². The molecule has 3 aromatic rings. The van der Waals surface area contributed by atoms with Crippen molar-refractivity contribution in [2.75, 3.05) is 30.5 Å². The van der Waals surface area contributed by atoms with Gasteiger partial charge in [0.2, 0.25) is 5.95 Å². The van der Waals surface area contributed by atoms with E-state index in [9.17, 15) is 9.59 Å². The van der Waals surface area contributed by atoms with Gasteiger partial charge in [0.1, 0.15) is 23.2 Å². The molecule has 0 aliphatic carbocycles. The molecule has 1 fully saturated rings. The Balaban J connectivity index is 1.62. The number of carbonyl (C=O) groups excluding carboxylic acids is 1. The van der Waals surface area contributed by atoms with Gasteiger partial charge >= 0.3 is 6.09 Å². The average Bonchev–Trinajstić information content (AvgIpc) is 3.14. The molecule has 0 bridgehead atoms. The molecule has 10 heteroatoms. The van der Waals surface area contributed by atoms with Crippen molar-refractivity contribution in [2.24, 2.45) is 0 Å². The number of hydrogen-bond acceptors (Lipinski definition) is 7. The van der Waals surface area contributed by atoms with Crippen molar-refractivity contribution in [3.63, 3.8) is 0 Å². The van der Waals surface area contributed by atoms with E-state index in [1.807, 2.05) is 13.0 Å². The zero-order valence-corrected chi connectivity index (χ0v) is 16.5. The van der Waals surface area contributed by atoms with Gasteiger partial charge in [0, 0.05) is 17.1 Å². The van der Waals surface area contributed by atoms with Gasteiger partial charge in [0.05, 0.1) is 25.2 Å². The number of methoxy groups -OCH3 is 1. The third-order valence-corrected chi connectivity index (χ3v) is 5.04. The molecule has 2 N–H and O–H groups in total. The summed E-state index contributed by atoms with van der Waals surface area (Å²) in [4.78, 5) is 37.1. The molecule has 0 saturated carbocycles. The van der Waals surface area contributed by atoms with Crippen LogP contribution < -0.4 is 20.5 Å². The molecule has 1 atom stereocenters. The van der Waals surface area contributed by atoms with Crippen LogP contribution in [0.15, 0.2) is 35.3 Å². The molecule has 0 radical (unpaired) electrons. The van der Waals surface area contributed by atoms with Gasteiger partial charge in [-0.1, -0.05) is 11.6 Å². The second-order valence-electron chi connectivity index (χ2n) is 6.47. The van der Waals surface area contributed by atoms with Gasteiger partial charge in [-0.05, 0) is 31.2 Å². The number of hydrogen-bond donors (Lipinski definition) is 2. The molecule has 1 aromatic carbocycles. The number of benzene rings is 1. The number of nitrogens with zero attached hydrogens (tertiary/aromatic N) is 3. The van der Waals surface area contributed by atoms with Crippen LogP contribution in [0.3, 0.4) is 0 Å². The number of aromatic nitrogens is 3. The molecule has 0 unspecified atom stereocenters. The summed E-state index contributed by atoms with van der Waals surface area (Å²) in [5.74, 6) is 1.21. The summed E-state index contributed by atoms with van der Waals surface area (Å²) >= 11 is 6.29. The zero-order valence-electron chi connectivity index (χ0n) is 15.7. The molecule has 1 amide bonds. The smallest absolute Gasteiger partial charge is 0.415 e. The maximum atomic E-state index is 12.6. The van der Waals surface area contributed by atoms with E-state index in [4.69, 9.17) is 21.1 Å². The molecule has 0 spiro atoms. The number of ether oxygens (including phenoxy) is 2. The van der Waals surface area contributed by atoms with Crippen molar-refractivity contribution in [3.8, 4) is 5.75 Å². The van der Waals surface area contributed by atoms with Crippen molar-refractivity contribution in [1.29, 1.82) is 0 Å². The first-order chi connectivity index (χ1) is 14.0. The standard InChI is InChI=1S/C19H18ClN5O4/c1-10(22-18-21-6-5-14(23-18)25-7-8-29-19(25)27)12-9-11-3-4-13(28-2)15(20)16(11)24-17(12)26/h3-6,9-10H,7-8H2,1-2H3,(H,24,26)(H,21,22,23)/t10-/m1/s1. The maximum absolute atomic E-state index is 12.6. The second-order valence-corrected chi connectivity index (χ2v) is 6.85. The molecule has 3 heterocycles. The van der Waals surface area contributed by atoms with Gasteiger partial charge < -0.3 is 19.8 Å². The Morgan fingerprint density at radius 1 is 1.34 bits per heavy atom. The fraction of sp³-hybridized carbons (Fsp3) is 0.263. The number of cyclic esters (lactones) is 1. The third-order valence-electron chi connectivity index (χ3n) is 4.66. The fourth-order valence-corrected chi connectivity index (χ4v) is 3.46. The highest BCUT2D eigenvalue weighted by molar-refractivity contribution is 6.36. The number of rotatable bonds is 5. The lowest BCUT2D eigenvalue weighted by Crippen LogP contribution is -2.25. The molecule has 1 aliphatic rings. The SMILES string of the molecule is COc1ccc2cc([C@@H](C)Nc3nccc(N4CCOC4=O)n3)c(=O)[nH]c2c1Cl. The van der Waals surface area contributed by atoms with E-state index in [1.165, 1.54) is 12.0 Å². The Bertz CT molecular complexity index is 1150. The van der Waals surface area contributed by atoms with Crippen LogP contribution in [0.1, 0.15) is 18.5 Å². The quantitative estimate of drug-likeness (QED) is 0.658. The lowest BCUT2D eigenvalue weighted by atomic mass is 10.1. The van der Waals surface area contributed by atoms with Crippen molar-refractivity contribution in [2.45, 2.75) is 13.0 Å². The Kier molecular flexibility index (Phi) is 4.98. The highest BCUT2D eigenvalue weighted by Crippen LogP contribution is 2.31. The van der Waals surface area contributed by atoms with Gasteiger partial charge in [0.25, 0.3) is 5.56 Å². The molecule has 150 valence electrons. The highest BCUT2D eigenvalue weighted by atomic mass is 35.5. The Morgan fingerprint density at radius 2 is 2.17 bits per heavy atom. The molecule has 29 heavy (non-hydrogen) atoms. The van der Waals surface area contributed by atoms with Crippen LogP contribution in [-0.2, 0) is 4.74 Å². The number of fused-ring (bicyclic) bond motifs is 1. The molecular formula is C19H18ClN5O4. The van der Waals surface area contributed by atoms with Crippen LogP contribution in [0.25, 0.3) is 10.9 Å². The summed E-state index contributed by atoms with van der Waals surface area (Å²) in [6, 6.07) is 6.55. The number of pyridine rings is 1. The van der Waals surface area contributed by atoms with Crippen LogP contribution in [0.2, 0.25) is 5.02 Å². The Morgan fingerprint density at radius 3 is 2.90 bits per heavy atom. The minimum Gasteiger partial charge on any atom is -0.495 e. The Labute approximate surface area is 170 Å². The molecule has 1 aliphatic heterocycles. The van der Waals surface area contributed by atoms with E-state index in [0.717, 1.165) is 5.39 Å². The number of halogens is 1. The number of amides is 1. The largest absolute Gasteiger partial charge is 0.495 e. The zero-order chi connectivity index (χ0) is 20.5. The Hall–Kier alpha value is -3.33. The molecule has 4 rings (SSSR count). The lowest BCUT2D eigenvalue weighted by Gasteiger charge is -2.16. The van der Waals surface area contributed by atoms with E-state index in [0.29, 0.717) is 46.8 Å². The average molecular weight is 416 g/mol. The first kappa shape index (κ1) is 19.0. The fourth-order valence-electron chi connectivity index (χ4n) is 3.16. The van der Waals surface area contributed by atoms with E-state index in [2.05, 4.69) is 20.3 Å². The molecule has 2 aromatic heterocycles. The topological polar surface area (TPSA) is 109 Å².